The lowest BCUT2D eigenvalue weighted by atomic mass is 10.1. The topological polar surface area (TPSA) is 59.2 Å². The summed E-state index contributed by atoms with van der Waals surface area (Å²) in [5, 5.41) is 2.94. The number of benzene rings is 1. The smallest absolute Gasteiger partial charge is 0.254 e. The van der Waals surface area contributed by atoms with E-state index in [1.54, 1.807) is 11.3 Å². The molecule has 27 heavy (non-hydrogen) atoms. The predicted molar refractivity (Wildman–Crippen MR) is 117 cm³/mol. The Kier molecular flexibility index (Phi) is 7.23. The Bertz CT molecular complexity index is 917. The molecule has 1 saturated heterocycles. The van der Waals surface area contributed by atoms with Gasteiger partial charge >= 0.3 is 0 Å². The van der Waals surface area contributed by atoms with Crippen LogP contribution in [0.25, 0.3) is 21.5 Å². The number of amides is 1. The largest absolute Gasteiger partial charge is 0.336 e. The molecule has 3 heterocycles. The van der Waals surface area contributed by atoms with E-state index in [1.807, 2.05) is 52.7 Å². The first-order valence-corrected chi connectivity index (χ1v) is 9.50. The van der Waals surface area contributed by atoms with Crippen molar-refractivity contribution in [1.82, 2.24) is 9.88 Å². The third-order valence-electron chi connectivity index (χ3n) is 4.98. The van der Waals surface area contributed by atoms with Crippen molar-refractivity contribution in [2.24, 2.45) is 11.7 Å². The number of carbonyl (C=O) groups is 1. The lowest BCUT2D eigenvalue weighted by molar-refractivity contribution is 0.0745. The minimum atomic E-state index is 0. The number of thiophene rings is 1. The number of halogens is 2. The molecule has 3 aromatic rings. The number of pyridine rings is 1. The summed E-state index contributed by atoms with van der Waals surface area (Å²) in [6.45, 7) is 3.48. The van der Waals surface area contributed by atoms with E-state index in [0.29, 0.717) is 12.5 Å². The molecule has 7 heteroatoms. The molecule has 1 amide bonds. The van der Waals surface area contributed by atoms with Gasteiger partial charge in [-0.3, -0.25) is 4.79 Å². The molecule has 2 N–H and O–H groups in total. The number of fused-ring (bicyclic) bond motifs is 1. The van der Waals surface area contributed by atoms with Crippen LogP contribution in [-0.4, -0.2) is 34.9 Å². The van der Waals surface area contributed by atoms with E-state index >= 15 is 0 Å². The van der Waals surface area contributed by atoms with Gasteiger partial charge in [-0.15, -0.1) is 36.2 Å². The Balaban J connectivity index is 0.00000131. The monoisotopic (exact) mass is 423 g/mol. The molecule has 144 valence electrons. The lowest BCUT2D eigenvalue weighted by Crippen LogP contribution is -2.34. The van der Waals surface area contributed by atoms with Crippen molar-refractivity contribution in [1.29, 1.82) is 0 Å². The Hall–Kier alpha value is -1.66. The molecular weight excluding hydrogens is 401 g/mol. The highest BCUT2D eigenvalue weighted by molar-refractivity contribution is 7.13. The number of likely N-dealkylation sites (tertiary alicyclic amines) is 1. The van der Waals surface area contributed by atoms with Crippen molar-refractivity contribution in [2.45, 2.75) is 19.4 Å². The van der Waals surface area contributed by atoms with Crippen molar-refractivity contribution < 1.29 is 4.79 Å². The van der Waals surface area contributed by atoms with Crippen LogP contribution < -0.4 is 5.73 Å². The second-order valence-corrected chi connectivity index (χ2v) is 7.64. The zero-order valence-electron chi connectivity index (χ0n) is 15.0. The first kappa shape index (κ1) is 21.6. The number of aromatic nitrogens is 1. The van der Waals surface area contributed by atoms with Crippen LogP contribution in [0.1, 0.15) is 23.7 Å². The SMILES string of the molecule is CC1CC(CN)CN1C(=O)c1cc(-c2cccs2)nc2ccccc12.Cl.Cl. The average molecular weight is 424 g/mol. The molecule has 0 bridgehead atoms. The Labute approximate surface area is 175 Å². The van der Waals surface area contributed by atoms with Crippen LogP contribution in [0.15, 0.2) is 47.8 Å². The van der Waals surface area contributed by atoms with E-state index < -0.39 is 0 Å². The maximum absolute atomic E-state index is 13.3. The van der Waals surface area contributed by atoms with Gasteiger partial charge in [0.1, 0.15) is 0 Å². The van der Waals surface area contributed by atoms with Gasteiger partial charge in [-0.1, -0.05) is 24.3 Å². The predicted octanol–water partition coefficient (Wildman–Crippen LogP) is 4.62. The van der Waals surface area contributed by atoms with Gasteiger partial charge in [-0.05, 0) is 49.4 Å². The molecule has 2 atom stereocenters. The Morgan fingerprint density at radius 2 is 2.04 bits per heavy atom. The maximum atomic E-state index is 13.3. The summed E-state index contributed by atoms with van der Waals surface area (Å²) in [7, 11) is 0. The van der Waals surface area contributed by atoms with E-state index in [1.165, 1.54) is 0 Å². The molecule has 0 radical (unpaired) electrons. The zero-order valence-corrected chi connectivity index (χ0v) is 17.4. The Morgan fingerprint density at radius 3 is 2.70 bits per heavy atom. The quantitative estimate of drug-likeness (QED) is 0.668. The molecule has 1 aromatic carbocycles. The van der Waals surface area contributed by atoms with Gasteiger partial charge < -0.3 is 10.6 Å². The second-order valence-electron chi connectivity index (χ2n) is 6.69. The summed E-state index contributed by atoms with van der Waals surface area (Å²) in [6, 6.07) is 14.1. The van der Waals surface area contributed by atoms with Crippen LogP contribution in [0.5, 0.6) is 0 Å². The maximum Gasteiger partial charge on any atom is 0.254 e. The van der Waals surface area contributed by atoms with Gasteiger partial charge in [-0.25, -0.2) is 4.98 Å². The van der Waals surface area contributed by atoms with Crippen molar-refractivity contribution in [3.63, 3.8) is 0 Å². The summed E-state index contributed by atoms with van der Waals surface area (Å²) in [4.78, 5) is 21.1. The molecule has 4 rings (SSSR count). The van der Waals surface area contributed by atoms with Crippen molar-refractivity contribution in [3.05, 3.63) is 53.4 Å². The number of carbonyl (C=O) groups excluding carboxylic acids is 1. The van der Waals surface area contributed by atoms with Crippen molar-refractivity contribution in [2.75, 3.05) is 13.1 Å². The molecule has 0 spiro atoms. The lowest BCUT2D eigenvalue weighted by Gasteiger charge is -2.22. The second kappa shape index (κ2) is 9.02. The molecule has 0 saturated carbocycles. The molecular formula is C20H23Cl2N3OS. The van der Waals surface area contributed by atoms with Gasteiger partial charge in [-0.2, -0.15) is 0 Å². The van der Waals surface area contributed by atoms with Crippen LogP contribution in [0.3, 0.4) is 0 Å². The zero-order chi connectivity index (χ0) is 17.4. The van der Waals surface area contributed by atoms with Crippen LogP contribution in [0, 0.1) is 5.92 Å². The highest BCUT2D eigenvalue weighted by Crippen LogP contribution is 2.31. The molecule has 4 nitrogen and oxygen atoms in total. The van der Waals surface area contributed by atoms with Crippen LogP contribution in [0.4, 0.5) is 0 Å². The molecule has 1 aliphatic rings. The van der Waals surface area contributed by atoms with Crippen molar-refractivity contribution in [3.8, 4) is 10.6 Å². The van der Waals surface area contributed by atoms with Gasteiger partial charge in [0.05, 0.1) is 21.7 Å². The number of nitrogens with two attached hydrogens (primary N) is 1. The summed E-state index contributed by atoms with van der Waals surface area (Å²) >= 11 is 1.64. The highest BCUT2D eigenvalue weighted by Gasteiger charge is 2.33. The number of hydrogen-bond acceptors (Lipinski definition) is 4. The molecule has 1 fully saturated rings. The highest BCUT2D eigenvalue weighted by atomic mass is 35.5. The van der Waals surface area contributed by atoms with Crippen LogP contribution in [-0.2, 0) is 0 Å². The van der Waals surface area contributed by atoms with E-state index in [0.717, 1.165) is 40.0 Å². The number of rotatable bonds is 3. The fourth-order valence-electron chi connectivity index (χ4n) is 3.65. The fourth-order valence-corrected chi connectivity index (χ4v) is 4.34. The molecule has 0 aliphatic carbocycles. The van der Waals surface area contributed by atoms with Gasteiger partial charge in [0, 0.05) is 18.0 Å². The first-order chi connectivity index (χ1) is 12.2. The van der Waals surface area contributed by atoms with E-state index in [9.17, 15) is 4.79 Å². The normalized spacial score (nSPS) is 18.8. The van der Waals surface area contributed by atoms with Crippen LogP contribution in [0.2, 0.25) is 0 Å². The van der Waals surface area contributed by atoms with E-state index in [2.05, 4.69) is 6.92 Å². The summed E-state index contributed by atoms with van der Waals surface area (Å²) in [5.41, 5.74) is 8.28. The van der Waals surface area contributed by atoms with Crippen LogP contribution >= 0.6 is 36.2 Å². The number of nitrogens with zero attached hydrogens (tertiary/aromatic N) is 2. The summed E-state index contributed by atoms with van der Waals surface area (Å²) in [5.74, 6) is 0.476. The van der Waals surface area contributed by atoms with E-state index in [-0.39, 0.29) is 36.8 Å². The summed E-state index contributed by atoms with van der Waals surface area (Å²) in [6.07, 6.45) is 0.975. The fraction of sp³-hybridized carbons (Fsp3) is 0.300. The minimum Gasteiger partial charge on any atom is -0.336 e. The Morgan fingerprint density at radius 1 is 1.26 bits per heavy atom. The first-order valence-electron chi connectivity index (χ1n) is 8.62. The molecule has 1 aliphatic heterocycles. The number of para-hydroxylation sites is 1. The summed E-state index contributed by atoms with van der Waals surface area (Å²) < 4.78 is 0. The van der Waals surface area contributed by atoms with Gasteiger partial charge in [0.25, 0.3) is 5.91 Å². The third kappa shape index (κ3) is 4.11. The molecule has 2 aromatic heterocycles. The standard InChI is InChI=1S/C20H21N3OS.2ClH/c1-13-9-14(11-21)12-23(13)20(24)16-10-18(19-7-4-8-25-19)22-17-6-3-2-5-15(16)17;;/h2-8,10,13-14H,9,11-12,21H2,1H3;2*1H. The third-order valence-corrected chi connectivity index (χ3v) is 5.87. The number of hydrogen-bond donors (Lipinski definition) is 1. The van der Waals surface area contributed by atoms with E-state index in [4.69, 9.17) is 10.7 Å². The minimum absolute atomic E-state index is 0. The van der Waals surface area contributed by atoms with Gasteiger partial charge in [0.15, 0.2) is 0 Å². The van der Waals surface area contributed by atoms with Crippen molar-refractivity contribution >= 4 is 53.0 Å². The molecule has 2 unspecified atom stereocenters. The average Bonchev–Trinajstić information content (AvgIpc) is 3.30. The van der Waals surface area contributed by atoms with Gasteiger partial charge in [0.2, 0.25) is 0 Å².